The molecule has 0 aliphatic rings. The minimum Gasteiger partial charge on any atom is -0.390 e. The summed E-state index contributed by atoms with van der Waals surface area (Å²) < 4.78 is 5.85. The summed E-state index contributed by atoms with van der Waals surface area (Å²) in [6, 6.07) is 8.71. The highest BCUT2D eigenvalue weighted by Gasteiger charge is 2.14. The molecule has 1 heterocycles. The van der Waals surface area contributed by atoms with Gasteiger partial charge in [-0.2, -0.15) is 9.55 Å². The van der Waals surface area contributed by atoms with Gasteiger partial charge in [-0.1, -0.05) is 46.4 Å². The lowest BCUT2D eigenvalue weighted by Crippen LogP contribution is -2.33. The average Bonchev–Trinajstić information content (AvgIpc) is 2.49. The molecule has 0 spiro atoms. The van der Waals surface area contributed by atoms with E-state index in [1.807, 2.05) is 0 Å². The number of benzene rings is 2. The van der Waals surface area contributed by atoms with Gasteiger partial charge in [0.15, 0.2) is 0 Å². The highest BCUT2D eigenvalue weighted by molar-refractivity contribution is 6.42. The van der Waals surface area contributed by atoms with E-state index in [1.165, 1.54) is 36.4 Å². The number of rotatable bonds is 2. The van der Waals surface area contributed by atoms with Crippen molar-refractivity contribution in [2.24, 2.45) is 0 Å². The molecule has 0 unspecified atom stereocenters. The molecule has 0 aliphatic carbocycles. The second kappa shape index (κ2) is 6.61. The lowest BCUT2D eigenvalue weighted by atomic mass is 10.2. The van der Waals surface area contributed by atoms with Gasteiger partial charge in [0, 0.05) is 15.6 Å². The van der Waals surface area contributed by atoms with Crippen LogP contribution in [0.2, 0.25) is 20.1 Å². The van der Waals surface area contributed by atoms with Crippen LogP contribution in [0.1, 0.15) is 0 Å². The largest absolute Gasteiger partial charge is 0.429 e. The number of hydrogen-bond acceptors (Lipinski definition) is 4. The molecule has 9 heteroatoms. The van der Waals surface area contributed by atoms with Crippen molar-refractivity contribution in [1.29, 1.82) is 0 Å². The van der Waals surface area contributed by atoms with Gasteiger partial charge in [0.05, 0.1) is 15.7 Å². The fourth-order valence-corrected chi connectivity index (χ4v) is 2.83. The van der Waals surface area contributed by atoms with Crippen LogP contribution >= 0.6 is 46.4 Å². The van der Waals surface area contributed by atoms with Crippen LogP contribution in [0.15, 0.2) is 50.4 Å². The minimum atomic E-state index is -0.931. The quantitative estimate of drug-likeness (QED) is 0.633. The first kappa shape index (κ1) is 17.0. The van der Waals surface area contributed by atoms with Gasteiger partial charge in [0.2, 0.25) is 5.89 Å². The molecular weight excluding hydrogens is 398 g/mol. The molecular formula is C15H6Cl4N2O3. The number of aromatic nitrogens is 2. The second-order valence-electron chi connectivity index (χ2n) is 4.66. The van der Waals surface area contributed by atoms with Crippen molar-refractivity contribution in [1.82, 2.24) is 9.55 Å². The zero-order valence-corrected chi connectivity index (χ0v) is 14.6. The Balaban J connectivity index is 2.17. The summed E-state index contributed by atoms with van der Waals surface area (Å²) in [5, 5.41) is 1.10. The molecule has 5 nitrogen and oxygen atoms in total. The van der Waals surface area contributed by atoms with E-state index in [0.29, 0.717) is 15.6 Å². The molecule has 0 N–H and O–H groups in total. The molecule has 3 aromatic rings. The Labute approximate surface area is 155 Å². The normalized spacial score (nSPS) is 10.8. The predicted octanol–water partition coefficient (Wildman–Crippen LogP) is 4.47. The molecule has 0 aliphatic heterocycles. The van der Waals surface area contributed by atoms with Gasteiger partial charge in [-0.25, -0.2) is 9.59 Å². The zero-order chi connectivity index (χ0) is 17.4. The van der Waals surface area contributed by atoms with Crippen LogP contribution in [0.25, 0.3) is 17.1 Å². The van der Waals surface area contributed by atoms with Crippen LogP contribution in [0.5, 0.6) is 0 Å². The number of hydrogen-bond donors (Lipinski definition) is 0. The second-order valence-corrected chi connectivity index (χ2v) is 6.35. The molecule has 0 fully saturated rings. The standard InChI is InChI=1S/C15H6Cl4N2O3/c16-8-3-7(4-9(17)5-8)13-20-14(22)21(15(23)24-13)10-1-2-11(18)12(19)6-10/h1-6H. The first-order valence-corrected chi connectivity index (χ1v) is 7.92. The Morgan fingerprint density at radius 2 is 1.54 bits per heavy atom. The van der Waals surface area contributed by atoms with Crippen LogP contribution in [0.4, 0.5) is 0 Å². The highest BCUT2D eigenvalue weighted by Crippen LogP contribution is 2.26. The third-order valence-electron chi connectivity index (χ3n) is 3.03. The average molecular weight is 404 g/mol. The summed E-state index contributed by atoms with van der Waals surface area (Å²) >= 11 is 23.5. The molecule has 24 heavy (non-hydrogen) atoms. The van der Waals surface area contributed by atoms with E-state index in [0.717, 1.165) is 4.57 Å². The summed E-state index contributed by atoms with van der Waals surface area (Å²) in [5.74, 6) is -1.12. The molecule has 0 radical (unpaired) electrons. The van der Waals surface area contributed by atoms with Crippen LogP contribution in [0, 0.1) is 0 Å². The molecule has 1 aromatic heterocycles. The topological polar surface area (TPSA) is 65.1 Å². The van der Waals surface area contributed by atoms with Crippen molar-refractivity contribution in [3.8, 4) is 17.1 Å². The van der Waals surface area contributed by atoms with E-state index in [1.54, 1.807) is 0 Å². The van der Waals surface area contributed by atoms with E-state index in [9.17, 15) is 9.59 Å². The molecule has 0 amide bonds. The third-order valence-corrected chi connectivity index (χ3v) is 4.20. The van der Waals surface area contributed by atoms with E-state index in [2.05, 4.69) is 4.98 Å². The van der Waals surface area contributed by atoms with Gasteiger partial charge in [-0.3, -0.25) is 0 Å². The maximum absolute atomic E-state index is 12.3. The lowest BCUT2D eigenvalue weighted by molar-refractivity contribution is 0.448. The first-order valence-electron chi connectivity index (χ1n) is 6.41. The zero-order valence-electron chi connectivity index (χ0n) is 11.6. The van der Waals surface area contributed by atoms with Crippen molar-refractivity contribution in [2.45, 2.75) is 0 Å². The third kappa shape index (κ3) is 3.35. The molecule has 0 bridgehead atoms. The Hall–Kier alpha value is -1.79. The summed E-state index contributed by atoms with van der Waals surface area (Å²) in [6.07, 6.45) is 0. The van der Waals surface area contributed by atoms with Crippen molar-refractivity contribution in [3.63, 3.8) is 0 Å². The fraction of sp³-hybridized carbons (Fsp3) is 0. The molecule has 0 saturated heterocycles. The van der Waals surface area contributed by atoms with Gasteiger partial charge in [0.1, 0.15) is 0 Å². The summed E-state index contributed by atoms with van der Waals surface area (Å²) in [6.45, 7) is 0. The summed E-state index contributed by atoms with van der Waals surface area (Å²) in [5.41, 5.74) is -0.343. The fourth-order valence-electron chi connectivity index (χ4n) is 2.01. The predicted molar refractivity (Wildman–Crippen MR) is 93.8 cm³/mol. The maximum Gasteiger partial charge on any atom is 0.429 e. The molecule has 122 valence electrons. The van der Waals surface area contributed by atoms with Crippen LogP contribution in [-0.4, -0.2) is 9.55 Å². The highest BCUT2D eigenvalue weighted by atomic mass is 35.5. The van der Waals surface area contributed by atoms with Crippen molar-refractivity contribution >= 4 is 46.4 Å². The summed E-state index contributed by atoms with van der Waals surface area (Å²) in [7, 11) is 0. The van der Waals surface area contributed by atoms with Crippen molar-refractivity contribution < 1.29 is 4.42 Å². The van der Waals surface area contributed by atoms with Crippen molar-refractivity contribution in [2.75, 3.05) is 0 Å². The Kier molecular flexibility index (Phi) is 4.69. The first-order chi connectivity index (χ1) is 11.3. The molecule has 0 atom stereocenters. The Bertz CT molecular complexity index is 1010. The van der Waals surface area contributed by atoms with Crippen molar-refractivity contribution in [3.05, 3.63) is 77.5 Å². The summed E-state index contributed by atoms with van der Waals surface area (Å²) in [4.78, 5) is 28.2. The molecule has 3 rings (SSSR count). The number of nitrogens with zero attached hydrogens (tertiary/aromatic N) is 2. The minimum absolute atomic E-state index is 0.186. The van der Waals surface area contributed by atoms with Crippen LogP contribution in [-0.2, 0) is 0 Å². The van der Waals surface area contributed by atoms with Gasteiger partial charge < -0.3 is 4.42 Å². The number of halogens is 4. The Morgan fingerprint density at radius 1 is 0.875 bits per heavy atom. The lowest BCUT2D eigenvalue weighted by Gasteiger charge is -2.06. The molecule has 2 aromatic carbocycles. The van der Waals surface area contributed by atoms with Gasteiger partial charge in [-0.05, 0) is 36.4 Å². The van der Waals surface area contributed by atoms with E-state index in [4.69, 9.17) is 50.8 Å². The van der Waals surface area contributed by atoms with E-state index in [-0.39, 0.29) is 21.6 Å². The maximum atomic E-state index is 12.3. The van der Waals surface area contributed by atoms with Crippen LogP contribution in [0.3, 0.4) is 0 Å². The van der Waals surface area contributed by atoms with Gasteiger partial charge in [0.25, 0.3) is 0 Å². The Morgan fingerprint density at radius 3 is 2.12 bits per heavy atom. The molecule has 0 saturated carbocycles. The smallest absolute Gasteiger partial charge is 0.390 e. The van der Waals surface area contributed by atoms with Gasteiger partial charge in [-0.15, -0.1) is 0 Å². The van der Waals surface area contributed by atoms with E-state index < -0.39 is 11.4 Å². The SMILES string of the molecule is O=c1nc(-c2cc(Cl)cc(Cl)c2)oc(=O)n1-c1ccc(Cl)c(Cl)c1. The van der Waals surface area contributed by atoms with Gasteiger partial charge >= 0.3 is 11.4 Å². The van der Waals surface area contributed by atoms with E-state index >= 15 is 0 Å². The monoisotopic (exact) mass is 402 g/mol. The van der Waals surface area contributed by atoms with Crippen LogP contribution < -0.4 is 11.4 Å².